The molecule has 0 radical (unpaired) electrons. The van der Waals surface area contributed by atoms with Gasteiger partial charge >= 0.3 is 0 Å². The lowest BCUT2D eigenvalue weighted by molar-refractivity contribution is -0.120. The number of carbonyl (C=O) groups excluding carboxylic acids is 2. The Balaban J connectivity index is 1.81. The SMILES string of the molecule is Cc1ccc(C2=C(N(C)C3CCN(C)CC3)C(=O)N(c3cccc(C)c3C)C2=O)cc1. The number of likely N-dealkylation sites (tertiary alicyclic amines) is 1. The predicted molar refractivity (Wildman–Crippen MR) is 125 cm³/mol. The molecule has 2 aromatic carbocycles. The van der Waals surface area contributed by atoms with Gasteiger partial charge in [-0.1, -0.05) is 42.0 Å². The second-order valence-electron chi connectivity index (χ2n) is 8.90. The number of likely N-dealkylation sites (N-methyl/N-ethyl adjacent to an activating group) is 1. The number of hydrogen-bond donors (Lipinski definition) is 0. The minimum Gasteiger partial charge on any atom is -0.366 e. The van der Waals surface area contributed by atoms with Crippen molar-refractivity contribution in [1.29, 1.82) is 0 Å². The van der Waals surface area contributed by atoms with E-state index < -0.39 is 0 Å². The first kappa shape index (κ1) is 21.3. The first-order chi connectivity index (χ1) is 14.8. The van der Waals surface area contributed by atoms with Gasteiger partial charge in [-0.25, -0.2) is 4.90 Å². The summed E-state index contributed by atoms with van der Waals surface area (Å²) in [5, 5.41) is 0. The summed E-state index contributed by atoms with van der Waals surface area (Å²) in [4.78, 5) is 33.2. The molecule has 4 rings (SSSR count). The smallest absolute Gasteiger partial charge is 0.282 e. The molecule has 0 spiro atoms. The summed E-state index contributed by atoms with van der Waals surface area (Å²) in [7, 11) is 4.09. The molecule has 0 bridgehead atoms. The molecular weight excluding hydrogens is 386 g/mol. The standard InChI is InChI=1S/C26H31N3O2/c1-17-9-11-20(12-10-17)23-24(28(5)21-13-15-27(4)16-14-21)26(31)29(25(23)30)22-8-6-7-18(2)19(22)3/h6-12,21H,13-16H2,1-5H3. The van der Waals surface area contributed by atoms with Crippen molar-refractivity contribution in [1.82, 2.24) is 9.80 Å². The maximum Gasteiger partial charge on any atom is 0.282 e. The van der Waals surface area contributed by atoms with Gasteiger partial charge in [0, 0.05) is 13.1 Å². The van der Waals surface area contributed by atoms with E-state index in [1.165, 1.54) is 4.90 Å². The first-order valence-electron chi connectivity index (χ1n) is 11.0. The number of rotatable bonds is 4. The van der Waals surface area contributed by atoms with Gasteiger partial charge < -0.3 is 9.80 Å². The van der Waals surface area contributed by atoms with Gasteiger partial charge in [-0.05, 0) is 76.5 Å². The number of nitrogens with zero attached hydrogens (tertiary/aromatic N) is 3. The Labute approximate surface area is 184 Å². The van der Waals surface area contributed by atoms with Gasteiger partial charge in [0.25, 0.3) is 11.8 Å². The maximum atomic E-state index is 13.8. The molecule has 31 heavy (non-hydrogen) atoms. The number of aryl methyl sites for hydroxylation is 2. The van der Waals surface area contributed by atoms with Crippen LogP contribution >= 0.6 is 0 Å². The van der Waals surface area contributed by atoms with E-state index in [-0.39, 0.29) is 17.9 Å². The Morgan fingerprint density at radius 1 is 0.903 bits per heavy atom. The lowest BCUT2D eigenvalue weighted by atomic mass is 9.99. The molecule has 0 saturated carbocycles. The highest BCUT2D eigenvalue weighted by Crippen LogP contribution is 2.37. The summed E-state index contributed by atoms with van der Waals surface area (Å²) in [6.45, 7) is 7.98. The number of imide groups is 1. The minimum absolute atomic E-state index is 0.226. The highest BCUT2D eigenvalue weighted by Gasteiger charge is 2.43. The molecule has 2 heterocycles. The van der Waals surface area contributed by atoms with Crippen LogP contribution in [0.1, 0.15) is 35.1 Å². The summed E-state index contributed by atoms with van der Waals surface area (Å²) in [6.07, 6.45) is 1.95. The molecule has 0 aromatic heterocycles. The molecule has 162 valence electrons. The lowest BCUT2D eigenvalue weighted by Gasteiger charge is -2.36. The summed E-state index contributed by atoms with van der Waals surface area (Å²) in [5.41, 5.74) is 5.63. The molecule has 1 fully saturated rings. The zero-order valence-corrected chi connectivity index (χ0v) is 19.1. The fourth-order valence-electron chi connectivity index (χ4n) is 4.59. The van der Waals surface area contributed by atoms with Crippen molar-refractivity contribution in [3.63, 3.8) is 0 Å². The molecule has 1 saturated heterocycles. The molecule has 5 heteroatoms. The molecule has 0 N–H and O–H groups in total. The number of benzene rings is 2. The molecule has 2 aromatic rings. The predicted octanol–water partition coefficient (Wildman–Crippen LogP) is 3.92. The van der Waals surface area contributed by atoms with Crippen molar-refractivity contribution in [2.45, 2.75) is 39.7 Å². The van der Waals surface area contributed by atoms with E-state index >= 15 is 0 Å². The third-order valence-corrected chi connectivity index (χ3v) is 6.81. The molecule has 5 nitrogen and oxygen atoms in total. The lowest BCUT2D eigenvalue weighted by Crippen LogP contribution is -2.43. The van der Waals surface area contributed by atoms with Gasteiger partial charge in [0.1, 0.15) is 5.70 Å². The minimum atomic E-state index is -0.239. The average molecular weight is 418 g/mol. The Morgan fingerprint density at radius 3 is 2.19 bits per heavy atom. The average Bonchev–Trinajstić information content (AvgIpc) is 3.01. The van der Waals surface area contributed by atoms with Crippen molar-refractivity contribution in [2.24, 2.45) is 0 Å². The molecule has 2 aliphatic heterocycles. The van der Waals surface area contributed by atoms with Crippen LogP contribution in [0.2, 0.25) is 0 Å². The molecule has 2 amide bonds. The Bertz CT molecular complexity index is 1050. The van der Waals surface area contributed by atoms with E-state index in [0.29, 0.717) is 17.0 Å². The van der Waals surface area contributed by atoms with Gasteiger partial charge in [0.15, 0.2) is 0 Å². The number of piperidine rings is 1. The monoisotopic (exact) mass is 417 g/mol. The molecule has 0 unspecified atom stereocenters. The number of anilines is 1. The van der Waals surface area contributed by atoms with Crippen LogP contribution in [0.15, 0.2) is 48.2 Å². The molecule has 0 atom stereocenters. The zero-order valence-electron chi connectivity index (χ0n) is 19.1. The summed E-state index contributed by atoms with van der Waals surface area (Å²) < 4.78 is 0. The number of amides is 2. The Hall–Kier alpha value is -2.92. The maximum absolute atomic E-state index is 13.8. The van der Waals surface area contributed by atoms with Crippen LogP contribution in [0, 0.1) is 20.8 Å². The second-order valence-corrected chi connectivity index (χ2v) is 8.90. The number of hydrogen-bond acceptors (Lipinski definition) is 4. The third kappa shape index (κ3) is 3.79. The van der Waals surface area contributed by atoms with Gasteiger partial charge in [-0.15, -0.1) is 0 Å². The second kappa shape index (κ2) is 8.31. The van der Waals surface area contributed by atoms with Crippen molar-refractivity contribution < 1.29 is 9.59 Å². The molecule has 2 aliphatic rings. The van der Waals surface area contributed by atoms with Crippen molar-refractivity contribution in [2.75, 3.05) is 32.1 Å². The summed E-state index contributed by atoms with van der Waals surface area (Å²) in [6, 6.07) is 13.9. The van der Waals surface area contributed by atoms with E-state index in [4.69, 9.17) is 0 Å². The highest BCUT2D eigenvalue weighted by molar-refractivity contribution is 6.45. The number of carbonyl (C=O) groups is 2. The quantitative estimate of drug-likeness (QED) is 0.708. The zero-order chi connectivity index (χ0) is 22.3. The largest absolute Gasteiger partial charge is 0.366 e. The van der Waals surface area contributed by atoms with Gasteiger partial charge in [0.05, 0.1) is 11.3 Å². The van der Waals surface area contributed by atoms with Crippen molar-refractivity contribution in [3.05, 3.63) is 70.4 Å². The Morgan fingerprint density at radius 2 is 1.55 bits per heavy atom. The fourth-order valence-corrected chi connectivity index (χ4v) is 4.59. The van der Waals surface area contributed by atoms with Gasteiger partial charge in [0.2, 0.25) is 0 Å². The molecule has 0 aliphatic carbocycles. The fraction of sp³-hybridized carbons (Fsp3) is 0.385. The van der Waals surface area contributed by atoms with Crippen LogP contribution < -0.4 is 4.90 Å². The van der Waals surface area contributed by atoms with Gasteiger partial charge in [-0.3, -0.25) is 9.59 Å². The van der Waals surface area contributed by atoms with Crippen molar-refractivity contribution >= 4 is 23.1 Å². The van der Waals surface area contributed by atoms with Crippen molar-refractivity contribution in [3.8, 4) is 0 Å². The summed E-state index contributed by atoms with van der Waals surface area (Å²) >= 11 is 0. The van der Waals surface area contributed by atoms with Crippen LogP contribution in [0.25, 0.3) is 5.57 Å². The Kier molecular flexibility index (Phi) is 5.71. The normalized spacial score (nSPS) is 18.3. The van der Waals surface area contributed by atoms with Crippen LogP contribution in [-0.4, -0.2) is 54.8 Å². The third-order valence-electron chi connectivity index (χ3n) is 6.81. The van der Waals surface area contributed by atoms with Crippen LogP contribution in [0.4, 0.5) is 5.69 Å². The first-order valence-corrected chi connectivity index (χ1v) is 11.0. The van der Waals surface area contributed by atoms with E-state index in [2.05, 4.69) is 16.8 Å². The van der Waals surface area contributed by atoms with E-state index in [1.54, 1.807) is 0 Å². The summed E-state index contributed by atoms with van der Waals surface area (Å²) in [5.74, 6) is -0.465. The van der Waals surface area contributed by atoms with Crippen LogP contribution in [0.5, 0.6) is 0 Å². The molecular formula is C26H31N3O2. The van der Waals surface area contributed by atoms with E-state index in [0.717, 1.165) is 48.2 Å². The van der Waals surface area contributed by atoms with Crippen LogP contribution in [0.3, 0.4) is 0 Å². The van der Waals surface area contributed by atoms with E-state index in [9.17, 15) is 9.59 Å². The van der Waals surface area contributed by atoms with Gasteiger partial charge in [-0.2, -0.15) is 0 Å². The highest BCUT2D eigenvalue weighted by atomic mass is 16.2. The van der Waals surface area contributed by atoms with E-state index in [1.807, 2.05) is 70.3 Å². The topological polar surface area (TPSA) is 43.9 Å². The van der Waals surface area contributed by atoms with Crippen LogP contribution in [-0.2, 0) is 9.59 Å².